The van der Waals surface area contributed by atoms with Crippen LogP contribution in [-0.2, 0) is 9.84 Å². The summed E-state index contributed by atoms with van der Waals surface area (Å²) in [5.41, 5.74) is 7.12. The predicted octanol–water partition coefficient (Wildman–Crippen LogP) is 1.51. The fraction of sp³-hybridized carbons (Fsp3) is 0.500. The Morgan fingerprint density at radius 1 is 1.44 bits per heavy atom. The van der Waals surface area contributed by atoms with E-state index in [-0.39, 0.29) is 11.8 Å². The van der Waals surface area contributed by atoms with Crippen LogP contribution in [-0.4, -0.2) is 33.1 Å². The number of ether oxygens (including phenoxy) is 1. The van der Waals surface area contributed by atoms with Crippen LogP contribution in [0.15, 0.2) is 18.2 Å². The van der Waals surface area contributed by atoms with Crippen molar-refractivity contribution in [2.75, 3.05) is 29.7 Å². The molecular weight excluding hydrogens is 252 g/mol. The number of hydrogen-bond donors (Lipinski definition) is 2. The van der Waals surface area contributed by atoms with Crippen molar-refractivity contribution < 1.29 is 13.2 Å². The highest BCUT2D eigenvalue weighted by atomic mass is 32.2. The van der Waals surface area contributed by atoms with E-state index in [9.17, 15) is 8.42 Å². The van der Waals surface area contributed by atoms with E-state index in [4.69, 9.17) is 10.5 Å². The van der Waals surface area contributed by atoms with Gasteiger partial charge in [0.25, 0.3) is 0 Å². The lowest BCUT2D eigenvalue weighted by molar-refractivity contribution is 0.342. The van der Waals surface area contributed by atoms with Crippen LogP contribution in [0, 0.1) is 0 Å². The second-order valence-corrected chi connectivity index (χ2v) is 6.51. The topological polar surface area (TPSA) is 81.4 Å². The van der Waals surface area contributed by atoms with Gasteiger partial charge in [-0.1, -0.05) is 0 Å². The van der Waals surface area contributed by atoms with Gasteiger partial charge in [-0.3, -0.25) is 0 Å². The average Bonchev–Trinajstić information content (AvgIpc) is 2.20. The molecule has 3 N–H and O–H groups in total. The van der Waals surface area contributed by atoms with Gasteiger partial charge in [0.05, 0.1) is 18.0 Å². The Morgan fingerprint density at radius 2 is 2.11 bits per heavy atom. The van der Waals surface area contributed by atoms with Crippen molar-refractivity contribution in [3.05, 3.63) is 18.2 Å². The van der Waals surface area contributed by atoms with Gasteiger partial charge in [-0.15, -0.1) is 0 Å². The Balaban J connectivity index is 2.76. The summed E-state index contributed by atoms with van der Waals surface area (Å²) in [6.07, 6.45) is 1.22. The molecule has 18 heavy (non-hydrogen) atoms. The molecule has 1 aromatic carbocycles. The molecule has 0 aliphatic rings. The lowest BCUT2D eigenvalue weighted by Crippen LogP contribution is -2.25. The first-order valence-corrected chi connectivity index (χ1v) is 7.84. The van der Waals surface area contributed by atoms with Gasteiger partial charge >= 0.3 is 0 Å². The largest absolute Gasteiger partial charge is 0.492 e. The molecule has 0 aliphatic carbocycles. The normalized spacial score (nSPS) is 13.1. The molecule has 1 aromatic rings. The van der Waals surface area contributed by atoms with Crippen molar-refractivity contribution in [1.29, 1.82) is 0 Å². The van der Waals surface area contributed by atoms with Gasteiger partial charge < -0.3 is 15.8 Å². The van der Waals surface area contributed by atoms with Gasteiger partial charge in [-0.05, 0) is 26.0 Å². The molecule has 0 radical (unpaired) electrons. The van der Waals surface area contributed by atoms with Crippen LogP contribution < -0.4 is 15.8 Å². The second kappa shape index (κ2) is 5.95. The summed E-state index contributed by atoms with van der Waals surface area (Å²) in [5, 5.41) is 3.11. The zero-order chi connectivity index (χ0) is 13.8. The Kier molecular flexibility index (Phi) is 4.84. The number of benzene rings is 1. The molecule has 0 amide bonds. The first-order valence-electron chi connectivity index (χ1n) is 5.78. The van der Waals surface area contributed by atoms with Crippen molar-refractivity contribution in [2.24, 2.45) is 0 Å². The number of hydrogen-bond acceptors (Lipinski definition) is 5. The Hall–Kier alpha value is -1.43. The summed E-state index contributed by atoms with van der Waals surface area (Å²) >= 11 is 0. The fourth-order valence-corrected chi connectivity index (χ4v) is 2.68. The van der Waals surface area contributed by atoms with E-state index in [1.807, 2.05) is 13.8 Å². The predicted molar refractivity (Wildman–Crippen MR) is 74.8 cm³/mol. The summed E-state index contributed by atoms with van der Waals surface area (Å²) in [5.74, 6) is 0.690. The minimum absolute atomic E-state index is 0.0847. The van der Waals surface area contributed by atoms with Crippen LogP contribution in [0.5, 0.6) is 5.75 Å². The maximum Gasteiger partial charge on any atom is 0.149 e. The van der Waals surface area contributed by atoms with E-state index >= 15 is 0 Å². The number of anilines is 2. The quantitative estimate of drug-likeness (QED) is 0.767. The first-order chi connectivity index (χ1) is 8.31. The van der Waals surface area contributed by atoms with Gasteiger partial charge in [-0.25, -0.2) is 8.42 Å². The highest BCUT2D eigenvalue weighted by Gasteiger charge is 2.11. The molecule has 0 fully saturated rings. The minimum Gasteiger partial charge on any atom is -0.492 e. The molecule has 5 nitrogen and oxygen atoms in total. The monoisotopic (exact) mass is 272 g/mol. The lowest BCUT2D eigenvalue weighted by Gasteiger charge is -2.16. The maximum atomic E-state index is 11.2. The molecule has 102 valence electrons. The first kappa shape index (κ1) is 14.6. The summed E-state index contributed by atoms with van der Waals surface area (Å²) in [7, 11) is -2.99. The smallest absolute Gasteiger partial charge is 0.149 e. The molecule has 0 bridgehead atoms. The molecule has 0 saturated heterocycles. The molecular formula is C12H20N2O3S. The van der Waals surface area contributed by atoms with Gasteiger partial charge in [-0.2, -0.15) is 0 Å². The number of nitrogens with two attached hydrogens (primary N) is 1. The second-order valence-electron chi connectivity index (χ2n) is 4.32. The molecule has 0 aromatic heterocycles. The summed E-state index contributed by atoms with van der Waals surface area (Å²) < 4.78 is 27.7. The fourth-order valence-electron chi connectivity index (χ4n) is 1.68. The van der Waals surface area contributed by atoms with E-state index in [0.717, 1.165) is 5.69 Å². The van der Waals surface area contributed by atoms with E-state index in [1.165, 1.54) is 6.26 Å². The van der Waals surface area contributed by atoms with Crippen molar-refractivity contribution >= 4 is 21.2 Å². The van der Waals surface area contributed by atoms with Crippen LogP contribution in [0.25, 0.3) is 0 Å². The molecule has 1 rings (SSSR count). The van der Waals surface area contributed by atoms with Crippen molar-refractivity contribution in [3.8, 4) is 5.75 Å². The third-order valence-corrected chi connectivity index (χ3v) is 3.38. The van der Waals surface area contributed by atoms with Crippen molar-refractivity contribution in [3.63, 3.8) is 0 Å². The molecule has 0 heterocycles. The Labute approximate surface area is 108 Å². The van der Waals surface area contributed by atoms with Crippen molar-refractivity contribution in [1.82, 2.24) is 0 Å². The van der Waals surface area contributed by atoms with Gasteiger partial charge in [0.15, 0.2) is 0 Å². The van der Waals surface area contributed by atoms with Crippen LogP contribution >= 0.6 is 0 Å². The zero-order valence-electron chi connectivity index (χ0n) is 10.9. The zero-order valence-corrected chi connectivity index (χ0v) is 11.8. The van der Waals surface area contributed by atoms with Crippen LogP contribution in [0.3, 0.4) is 0 Å². The van der Waals surface area contributed by atoms with Gasteiger partial charge in [0.2, 0.25) is 0 Å². The molecule has 0 spiro atoms. The van der Waals surface area contributed by atoms with Crippen LogP contribution in [0.4, 0.5) is 11.4 Å². The molecule has 0 aliphatic heterocycles. The number of nitrogens with one attached hydrogen (secondary N) is 1. The number of nitrogen functional groups attached to an aromatic ring is 1. The van der Waals surface area contributed by atoms with Gasteiger partial charge in [0, 0.05) is 24.1 Å². The highest BCUT2D eigenvalue weighted by Crippen LogP contribution is 2.25. The van der Waals surface area contributed by atoms with E-state index in [1.54, 1.807) is 18.2 Å². The van der Waals surface area contributed by atoms with Crippen molar-refractivity contribution in [2.45, 2.75) is 19.9 Å². The van der Waals surface area contributed by atoms with Crippen LogP contribution in [0.1, 0.15) is 13.8 Å². The van der Waals surface area contributed by atoms with E-state index in [0.29, 0.717) is 18.0 Å². The maximum absolute atomic E-state index is 11.2. The highest BCUT2D eigenvalue weighted by molar-refractivity contribution is 7.90. The average molecular weight is 272 g/mol. The molecule has 1 unspecified atom stereocenters. The number of rotatable bonds is 6. The SMILES string of the molecule is CCOc1cc(NC(C)CS(C)(=O)=O)ccc1N. The molecule has 1 atom stereocenters. The minimum atomic E-state index is -2.99. The lowest BCUT2D eigenvalue weighted by atomic mass is 10.2. The standard InChI is InChI=1S/C12H20N2O3S/c1-4-17-12-7-10(5-6-11(12)13)14-9(2)8-18(3,15)16/h5-7,9,14H,4,8,13H2,1-3H3. The summed E-state index contributed by atoms with van der Waals surface area (Å²) in [6.45, 7) is 4.23. The summed E-state index contributed by atoms with van der Waals surface area (Å²) in [4.78, 5) is 0. The van der Waals surface area contributed by atoms with Gasteiger partial charge in [0.1, 0.15) is 15.6 Å². The molecule has 6 heteroatoms. The third kappa shape index (κ3) is 4.83. The number of sulfone groups is 1. The Morgan fingerprint density at radius 3 is 2.67 bits per heavy atom. The molecule has 0 saturated carbocycles. The summed E-state index contributed by atoms with van der Waals surface area (Å²) in [6, 6.07) is 5.15. The van der Waals surface area contributed by atoms with E-state index < -0.39 is 9.84 Å². The Bertz CT molecular complexity index is 500. The van der Waals surface area contributed by atoms with E-state index in [2.05, 4.69) is 5.32 Å². The third-order valence-electron chi connectivity index (χ3n) is 2.28. The van der Waals surface area contributed by atoms with Crippen LogP contribution in [0.2, 0.25) is 0 Å².